The Bertz CT molecular complexity index is 649. The van der Waals surface area contributed by atoms with Crippen LogP contribution in [0.25, 0.3) is 0 Å². The van der Waals surface area contributed by atoms with E-state index in [2.05, 4.69) is 21.2 Å². The zero-order valence-electron chi connectivity index (χ0n) is 11.1. The van der Waals surface area contributed by atoms with Crippen molar-refractivity contribution in [3.8, 4) is 0 Å². The van der Waals surface area contributed by atoms with Gasteiger partial charge in [0, 0.05) is 9.50 Å². The Morgan fingerprint density at radius 3 is 2.86 bits per heavy atom. The number of ether oxygens (including phenoxy) is 1. The number of hydrogen-bond donors (Lipinski definition) is 2. The standard InChI is InChI=1S/C15H14BrClN2O2/c16-11-3-1-2-10(6-11)8-21-9-15(20)19-14-7-12(17)4-5-13(14)18/h1-7H,8-9,18H2,(H,19,20). The molecule has 0 aliphatic heterocycles. The van der Waals surface area contributed by atoms with Crippen molar-refractivity contribution in [2.75, 3.05) is 17.7 Å². The lowest BCUT2D eigenvalue weighted by molar-refractivity contribution is -0.121. The largest absolute Gasteiger partial charge is 0.397 e. The molecule has 3 N–H and O–H groups in total. The second-order valence-corrected chi connectivity index (χ2v) is 5.75. The molecule has 2 aromatic rings. The molecule has 0 spiro atoms. The first kappa shape index (κ1) is 15.8. The summed E-state index contributed by atoms with van der Waals surface area (Å²) in [5.41, 5.74) is 7.68. The number of halogens is 2. The first-order chi connectivity index (χ1) is 10.0. The Labute approximate surface area is 136 Å². The predicted octanol–water partition coefficient (Wildman–Crippen LogP) is 3.84. The second kappa shape index (κ2) is 7.45. The van der Waals surface area contributed by atoms with Crippen molar-refractivity contribution >= 4 is 44.8 Å². The molecule has 1 amide bonds. The van der Waals surface area contributed by atoms with Crippen molar-refractivity contribution in [3.63, 3.8) is 0 Å². The third kappa shape index (κ3) is 5.04. The second-order valence-electron chi connectivity index (χ2n) is 4.40. The summed E-state index contributed by atoms with van der Waals surface area (Å²) in [5, 5.41) is 3.17. The van der Waals surface area contributed by atoms with Gasteiger partial charge in [-0.2, -0.15) is 0 Å². The molecule has 6 heteroatoms. The average molecular weight is 370 g/mol. The van der Waals surface area contributed by atoms with Crippen molar-refractivity contribution in [3.05, 3.63) is 57.5 Å². The van der Waals surface area contributed by atoms with Gasteiger partial charge in [-0.25, -0.2) is 0 Å². The van der Waals surface area contributed by atoms with Gasteiger partial charge in [-0.1, -0.05) is 39.7 Å². The Kier molecular flexibility index (Phi) is 5.61. The molecule has 4 nitrogen and oxygen atoms in total. The fraction of sp³-hybridized carbons (Fsp3) is 0.133. The van der Waals surface area contributed by atoms with E-state index in [1.54, 1.807) is 18.2 Å². The van der Waals surface area contributed by atoms with Crippen LogP contribution in [0.2, 0.25) is 5.02 Å². The van der Waals surface area contributed by atoms with Crippen molar-refractivity contribution < 1.29 is 9.53 Å². The molecule has 0 radical (unpaired) electrons. The number of nitrogens with one attached hydrogen (secondary N) is 1. The summed E-state index contributed by atoms with van der Waals surface area (Å²) < 4.78 is 6.34. The van der Waals surface area contributed by atoms with E-state index in [1.807, 2.05) is 24.3 Å². The first-order valence-corrected chi connectivity index (χ1v) is 7.39. The van der Waals surface area contributed by atoms with E-state index in [1.165, 1.54) is 0 Å². The third-order valence-electron chi connectivity index (χ3n) is 2.68. The topological polar surface area (TPSA) is 64.3 Å². The molecule has 0 saturated carbocycles. The highest BCUT2D eigenvalue weighted by atomic mass is 79.9. The van der Waals surface area contributed by atoms with Gasteiger partial charge < -0.3 is 15.8 Å². The summed E-state index contributed by atoms with van der Waals surface area (Å²) in [4.78, 5) is 11.8. The van der Waals surface area contributed by atoms with Gasteiger partial charge in [0.15, 0.2) is 0 Å². The number of anilines is 2. The van der Waals surface area contributed by atoms with E-state index in [9.17, 15) is 4.79 Å². The molecule has 2 rings (SSSR count). The van der Waals surface area contributed by atoms with Gasteiger partial charge in [-0.15, -0.1) is 0 Å². The van der Waals surface area contributed by atoms with E-state index in [4.69, 9.17) is 22.1 Å². The molecule has 0 atom stereocenters. The lowest BCUT2D eigenvalue weighted by Gasteiger charge is -2.09. The van der Waals surface area contributed by atoms with Crippen LogP contribution in [0.4, 0.5) is 11.4 Å². The highest BCUT2D eigenvalue weighted by molar-refractivity contribution is 9.10. The molecule has 0 unspecified atom stereocenters. The molecule has 0 aliphatic carbocycles. The summed E-state index contributed by atoms with van der Waals surface area (Å²) >= 11 is 9.24. The zero-order chi connectivity index (χ0) is 15.2. The molecule has 0 aromatic heterocycles. The maximum atomic E-state index is 11.8. The van der Waals surface area contributed by atoms with Crippen LogP contribution in [0.1, 0.15) is 5.56 Å². The molecule has 0 aliphatic rings. The molecule has 0 bridgehead atoms. The smallest absolute Gasteiger partial charge is 0.250 e. The molecule has 0 heterocycles. The minimum Gasteiger partial charge on any atom is -0.397 e. The van der Waals surface area contributed by atoms with Gasteiger partial charge in [0.05, 0.1) is 18.0 Å². The maximum Gasteiger partial charge on any atom is 0.250 e. The normalized spacial score (nSPS) is 10.4. The number of benzene rings is 2. The van der Waals surface area contributed by atoms with Gasteiger partial charge in [-0.3, -0.25) is 4.79 Å². The summed E-state index contributed by atoms with van der Waals surface area (Å²) in [6.07, 6.45) is 0. The summed E-state index contributed by atoms with van der Waals surface area (Å²) in [7, 11) is 0. The van der Waals surface area contributed by atoms with Crippen LogP contribution in [0.3, 0.4) is 0 Å². The summed E-state index contributed by atoms with van der Waals surface area (Å²) in [5.74, 6) is -0.279. The monoisotopic (exact) mass is 368 g/mol. The Hall–Kier alpha value is -1.56. The molecule has 110 valence electrons. The van der Waals surface area contributed by atoms with Crippen molar-refractivity contribution in [1.29, 1.82) is 0 Å². The Morgan fingerprint density at radius 2 is 2.10 bits per heavy atom. The van der Waals surface area contributed by atoms with Crippen LogP contribution in [-0.2, 0) is 16.1 Å². The van der Waals surface area contributed by atoms with E-state index in [0.717, 1.165) is 10.0 Å². The number of rotatable bonds is 5. The first-order valence-electron chi connectivity index (χ1n) is 6.21. The van der Waals surface area contributed by atoms with Gasteiger partial charge in [0.25, 0.3) is 0 Å². The van der Waals surface area contributed by atoms with E-state index >= 15 is 0 Å². The number of amides is 1. The van der Waals surface area contributed by atoms with Crippen LogP contribution in [0, 0.1) is 0 Å². The van der Waals surface area contributed by atoms with Gasteiger partial charge in [0.1, 0.15) is 6.61 Å². The molecule has 0 fully saturated rings. The minimum absolute atomic E-state index is 0.0571. The van der Waals surface area contributed by atoms with Crippen molar-refractivity contribution in [1.82, 2.24) is 0 Å². The van der Waals surface area contributed by atoms with Crippen LogP contribution >= 0.6 is 27.5 Å². The van der Waals surface area contributed by atoms with Crippen LogP contribution < -0.4 is 11.1 Å². The average Bonchev–Trinajstić information content (AvgIpc) is 2.43. The summed E-state index contributed by atoms with van der Waals surface area (Å²) in [6.45, 7) is 0.302. The lowest BCUT2D eigenvalue weighted by atomic mass is 10.2. The van der Waals surface area contributed by atoms with Gasteiger partial charge >= 0.3 is 0 Å². The lowest BCUT2D eigenvalue weighted by Crippen LogP contribution is -2.19. The highest BCUT2D eigenvalue weighted by Gasteiger charge is 2.06. The van der Waals surface area contributed by atoms with Crippen LogP contribution in [-0.4, -0.2) is 12.5 Å². The van der Waals surface area contributed by atoms with Crippen molar-refractivity contribution in [2.45, 2.75) is 6.61 Å². The molecule has 21 heavy (non-hydrogen) atoms. The van der Waals surface area contributed by atoms with Crippen LogP contribution in [0.15, 0.2) is 46.9 Å². The SMILES string of the molecule is Nc1ccc(Cl)cc1NC(=O)COCc1cccc(Br)c1. The number of nitrogens with two attached hydrogens (primary N) is 1. The molecule has 0 saturated heterocycles. The van der Waals surface area contributed by atoms with E-state index < -0.39 is 0 Å². The van der Waals surface area contributed by atoms with Gasteiger partial charge in [-0.05, 0) is 35.9 Å². The third-order valence-corrected chi connectivity index (χ3v) is 3.41. The minimum atomic E-state index is -0.279. The fourth-order valence-electron chi connectivity index (χ4n) is 1.71. The molecular formula is C15H14BrClN2O2. The zero-order valence-corrected chi connectivity index (χ0v) is 13.4. The van der Waals surface area contributed by atoms with Crippen LogP contribution in [0.5, 0.6) is 0 Å². The quantitative estimate of drug-likeness (QED) is 0.787. The fourth-order valence-corrected chi connectivity index (χ4v) is 2.33. The number of carbonyl (C=O) groups is 1. The summed E-state index contributed by atoms with van der Waals surface area (Å²) in [6, 6.07) is 12.6. The van der Waals surface area contributed by atoms with Gasteiger partial charge in [0.2, 0.25) is 5.91 Å². The number of carbonyl (C=O) groups excluding carboxylic acids is 1. The maximum absolute atomic E-state index is 11.8. The van der Waals surface area contributed by atoms with E-state index in [0.29, 0.717) is 23.0 Å². The van der Waals surface area contributed by atoms with E-state index in [-0.39, 0.29) is 12.5 Å². The Balaban J connectivity index is 1.84. The highest BCUT2D eigenvalue weighted by Crippen LogP contribution is 2.22. The Morgan fingerprint density at radius 1 is 1.29 bits per heavy atom. The number of hydrogen-bond acceptors (Lipinski definition) is 3. The molecule has 2 aromatic carbocycles. The predicted molar refractivity (Wildman–Crippen MR) is 88.3 cm³/mol. The van der Waals surface area contributed by atoms with Crippen molar-refractivity contribution in [2.24, 2.45) is 0 Å². The molecular weight excluding hydrogens is 356 g/mol. The number of nitrogen functional groups attached to an aromatic ring is 1.